The van der Waals surface area contributed by atoms with Gasteiger partial charge < -0.3 is 10.2 Å². The van der Waals surface area contributed by atoms with Crippen LogP contribution in [0.2, 0.25) is 0 Å². The molecule has 7 nitrogen and oxygen atoms in total. The molecular weight excluding hydrogens is 438 g/mol. The Hall–Kier alpha value is -2.71. The summed E-state index contributed by atoms with van der Waals surface area (Å²) in [5, 5.41) is 2.91. The van der Waals surface area contributed by atoms with Crippen molar-refractivity contribution in [1.29, 1.82) is 0 Å². The third-order valence-electron chi connectivity index (χ3n) is 6.47. The van der Waals surface area contributed by atoms with Gasteiger partial charge in [-0.15, -0.1) is 0 Å². The second kappa shape index (κ2) is 10.1. The van der Waals surface area contributed by atoms with Crippen LogP contribution < -0.4 is 5.32 Å². The topological polar surface area (TPSA) is 86.8 Å². The summed E-state index contributed by atoms with van der Waals surface area (Å²) in [6.07, 6.45) is 4.33. The molecule has 33 heavy (non-hydrogen) atoms. The first-order valence-electron chi connectivity index (χ1n) is 11.6. The number of benzene rings is 2. The van der Waals surface area contributed by atoms with Crippen LogP contribution in [0.1, 0.15) is 48.0 Å². The van der Waals surface area contributed by atoms with Gasteiger partial charge in [0.2, 0.25) is 15.9 Å². The van der Waals surface area contributed by atoms with E-state index in [-0.39, 0.29) is 23.3 Å². The summed E-state index contributed by atoms with van der Waals surface area (Å²) in [6.45, 7) is 3.89. The number of para-hydroxylation sites is 1. The van der Waals surface area contributed by atoms with E-state index in [1.807, 2.05) is 11.8 Å². The van der Waals surface area contributed by atoms with Gasteiger partial charge in [-0.25, -0.2) is 8.42 Å². The van der Waals surface area contributed by atoms with E-state index < -0.39 is 15.9 Å². The summed E-state index contributed by atoms with van der Waals surface area (Å²) in [6, 6.07) is 13.8. The van der Waals surface area contributed by atoms with E-state index in [1.54, 1.807) is 48.5 Å². The van der Waals surface area contributed by atoms with Crippen LogP contribution in [0.25, 0.3) is 0 Å². The highest BCUT2D eigenvalue weighted by atomic mass is 32.2. The van der Waals surface area contributed by atoms with Crippen molar-refractivity contribution < 1.29 is 18.0 Å². The lowest BCUT2D eigenvalue weighted by Gasteiger charge is -2.31. The number of hydrogen-bond donors (Lipinski definition) is 1. The van der Waals surface area contributed by atoms with Gasteiger partial charge in [0.1, 0.15) is 0 Å². The van der Waals surface area contributed by atoms with Crippen molar-refractivity contribution in [1.82, 2.24) is 9.21 Å². The second-order valence-corrected chi connectivity index (χ2v) is 10.8. The fourth-order valence-corrected chi connectivity index (χ4v) is 6.04. The van der Waals surface area contributed by atoms with Crippen LogP contribution in [-0.4, -0.2) is 55.6 Å². The maximum atomic E-state index is 13.1. The van der Waals surface area contributed by atoms with Gasteiger partial charge in [0.15, 0.2) is 0 Å². The van der Waals surface area contributed by atoms with E-state index in [1.165, 1.54) is 4.31 Å². The first kappa shape index (κ1) is 23.4. The maximum absolute atomic E-state index is 13.1. The van der Waals surface area contributed by atoms with Gasteiger partial charge >= 0.3 is 0 Å². The molecule has 2 aromatic carbocycles. The van der Waals surface area contributed by atoms with Gasteiger partial charge in [-0.05, 0) is 63.3 Å². The summed E-state index contributed by atoms with van der Waals surface area (Å²) in [7, 11) is -3.66. The lowest BCUT2D eigenvalue weighted by Crippen LogP contribution is -2.43. The lowest BCUT2D eigenvalue weighted by atomic mass is 9.98. The molecule has 176 valence electrons. The maximum Gasteiger partial charge on any atom is 0.255 e. The van der Waals surface area contributed by atoms with Crippen molar-refractivity contribution in [3.8, 4) is 0 Å². The number of carbonyl (C=O) groups is 2. The smallest absolute Gasteiger partial charge is 0.255 e. The van der Waals surface area contributed by atoms with Crippen LogP contribution in [0, 0.1) is 12.8 Å². The molecule has 2 saturated heterocycles. The van der Waals surface area contributed by atoms with Crippen molar-refractivity contribution in [3.05, 3.63) is 59.7 Å². The molecule has 1 unspecified atom stereocenters. The molecule has 0 aliphatic carbocycles. The fourth-order valence-electron chi connectivity index (χ4n) is 4.51. The molecule has 2 aromatic rings. The van der Waals surface area contributed by atoms with Crippen LogP contribution in [0.5, 0.6) is 0 Å². The Morgan fingerprint density at radius 3 is 2.33 bits per heavy atom. The number of nitrogens with one attached hydrogen (secondary N) is 1. The molecule has 2 aliphatic heterocycles. The predicted octanol–water partition coefficient (Wildman–Crippen LogP) is 3.66. The second-order valence-electron chi connectivity index (χ2n) is 8.90. The zero-order valence-corrected chi connectivity index (χ0v) is 19.8. The van der Waals surface area contributed by atoms with E-state index in [0.29, 0.717) is 30.6 Å². The fraction of sp³-hybridized carbons (Fsp3) is 0.440. The number of carbonyl (C=O) groups excluding carboxylic acids is 2. The molecule has 1 N–H and O–H groups in total. The van der Waals surface area contributed by atoms with Gasteiger partial charge in [0, 0.05) is 26.2 Å². The number of nitrogens with zero attached hydrogens (tertiary/aromatic N) is 2. The largest absolute Gasteiger partial charge is 0.339 e. The number of anilines is 1. The molecule has 0 aromatic heterocycles. The van der Waals surface area contributed by atoms with Gasteiger partial charge in [-0.2, -0.15) is 4.31 Å². The van der Waals surface area contributed by atoms with Crippen molar-refractivity contribution >= 4 is 27.5 Å². The number of sulfonamides is 1. The monoisotopic (exact) mass is 469 g/mol. The highest BCUT2D eigenvalue weighted by Gasteiger charge is 2.33. The Morgan fingerprint density at radius 2 is 1.61 bits per heavy atom. The van der Waals surface area contributed by atoms with Crippen LogP contribution in [0.15, 0.2) is 53.4 Å². The quantitative estimate of drug-likeness (QED) is 0.724. The molecule has 0 radical (unpaired) electrons. The molecule has 0 spiro atoms. The summed E-state index contributed by atoms with van der Waals surface area (Å²) >= 11 is 0. The first-order valence-corrected chi connectivity index (χ1v) is 13.1. The molecule has 4 rings (SSSR count). The number of aryl methyl sites for hydroxylation is 1. The Bertz CT molecular complexity index is 1110. The minimum absolute atomic E-state index is 0.0715. The molecule has 0 saturated carbocycles. The average Bonchev–Trinajstić information content (AvgIpc) is 2.85. The number of amides is 2. The molecule has 2 amide bonds. The number of piperidine rings is 2. The van der Waals surface area contributed by atoms with E-state index in [4.69, 9.17) is 0 Å². The number of hydrogen-bond acceptors (Lipinski definition) is 4. The van der Waals surface area contributed by atoms with Gasteiger partial charge in [-0.1, -0.05) is 29.8 Å². The summed E-state index contributed by atoms with van der Waals surface area (Å²) in [5.41, 5.74) is 1.95. The van der Waals surface area contributed by atoms with Crippen LogP contribution in [0.3, 0.4) is 0 Å². The van der Waals surface area contributed by atoms with Crippen LogP contribution in [0.4, 0.5) is 5.69 Å². The highest BCUT2D eigenvalue weighted by Crippen LogP contribution is 2.26. The van der Waals surface area contributed by atoms with Crippen molar-refractivity contribution in [3.63, 3.8) is 0 Å². The SMILES string of the molecule is Cc1ccc(S(=O)(=O)N2CCCC(C(=O)Nc3ccccc3C(=O)N3CCCCC3)C2)cc1. The minimum atomic E-state index is -3.66. The Labute approximate surface area is 195 Å². The van der Waals surface area contributed by atoms with Crippen molar-refractivity contribution in [2.75, 3.05) is 31.5 Å². The van der Waals surface area contributed by atoms with Crippen molar-refractivity contribution in [2.45, 2.75) is 43.9 Å². The third-order valence-corrected chi connectivity index (χ3v) is 8.35. The predicted molar refractivity (Wildman–Crippen MR) is 127 cm³/mol. The third kappa shape index (κ3) is 5.28. The molecule has 1 atom stereocenters. The van der Waals surface area contributed by atoms with E-state index >= 15 is 0 Å². The normalized spacial score (nSPS) is 19.8. The van der Waals surface area contributed by atoms with E-state index in [2.05, 4.69) is 5.32 Å². The van der Waals surface area contributed by atoms with Gasteiger partial charge in [-0.3, -0.25) is 9.59 Å². The molecule has 8 heteroatoms. The van der Waals surface area contributed by atoms with E-state index in [9.17, 15) is 18.0 Å². The Kier molecular flexibility index (Phi) is 7.14. The summed E-state index contributed by atoms with van der Waals surface area (Å²) in [4.78, 5) is 28.2. The average molecular weight is 470 g/mol. The standard InChI is InChI=1S/C25H31N3O4S/c1-19-11-13-21(14-12-19)33(31,32)28-17-7-8-20(18-28)24(29)26-23-10-4-3-9-22(23)25(30)27-15-5-2-6-16-27/h3-4,9-14,20H,2,5-8,15-18H2,1H3,(H,26,29). The van der Waals surface area contributed by atoms with E-state index in [0.717, 1.165) is 37.9 Å². The summed E-state index contributed by atoms with van der Waals surface area (Å²) < 4.78 is 27.6. The lowest BCUT2D eigenvalue weighted by molar-refractivity contribution is -0.120. The van der Waals surface area contributed by atoms with Gasteiger partial charge in [0.25, 0.3) is 5.91 Å². The molecule has 2 aliphatic rings. The zero-order chi connectivity index (χ0) is 23.4. The number of rotatable bonds is 5. The highest BCUT2D eigenvalue weighted by molar-refractivity contribution is 7.89. The Morgan fingerprint density at radius 1 is 0.909 bits per heavy atom. The molecule has 2 heterocycles. The minimum Gasteiger partial charge on any atom is -0.339 e. The first-order chi connectivity index (χ1) is 15.9. The zero-order valence-electron chi connectivity index (χ0n) is 19.0. The molecule has 0 bridgehead atoms. The van der Waals surface area contributed by atoms with Crippen molar-refractivity contribution in [2.24, 2.45) is 5.92 Å². The van der Waals surface area contributed by atoms with Crippen LogP contribution in [-0.2, 0) is 14.8 Å². The van der Waals surface area contributed by atoms with Crippen LogP contribution >= 0.6 is 0 Å². The summed E-state index contributed by atoms with van der Waals surface area (Å²) in [5.74, 6) is -0.798. The van der Waals surface area contributed by atoms with Gasteiger partial charge in [0.05, 0.1) is 22.1 Å². The number of likely N-dealkylation sites (tertiary alicyclic amines) is 1. The molecule has 2 fully saturated rings. The Balaban J connectivity index is 1.47. The molecular formula is C25H31N3O4S.